The van der Waals surface area contributed by atoms with Crippen LogP contribution in [0.15, 0.2) is 18.2 Å². The molecule has 0 amide bonds. The second-order valence-electron chi connectivity index (χ2n) is 4.85. The lowest BCUT2D eigenvalue weighted by molar-refractivity contribution is 0.289. The lowest BCUT2D eigenvalue weighted by Gasteiger charge is -2.35. The molecule has 2 rings (SSSR count). The lowest BCUT2D eigenvalue weighted by Crippen LogP contribution is -2.39. The fourth-order valence-electron chi connectivity index (χ4n) is 2.67. The number of anilines is 1. The molecule has 1 heterocycles. The Bertz CT molecular complexity index is 348. The molecule has 1 aliphatic carbocycles. The molecule has 94 valence electrons. The van der Waals surface area contributed by atoms with Crippen LogP contribution in [0.5, 0.6) is 0 Å². The van der Waals surface area contributed by atoms with Gasteiger partial charge in [-0.1, -0.05) is 25.3 Å². The van der Waals surface area contributed by atoms with Crippen molar-refractivity contribution in [2.45, 2.75) is 45.1 Å². The molecule has 17 heavy (non-hydrogen) atoms. The van der Waals surface area contributed by atoms with Crippen LogP contribution in [0.3, 0.4) is 0 Å². The SMILES string of the molecule is Cc1cccc(N(CCO)C2CCCCC2)n1. The number of aromatic nitrogens is 1. The molecular weight excluding hydrogens is 212 g/mol. The molecule has 1 aromatic heterocycles. The topological polar surface area (TPSA) is 36.4 Å². The van der Waals surface area contributed by atoms with Crippen LogP contribution in [-0.4, -0.2) is 29.3 Å². The standard InChI is InChI=1S/C14H22N2O/c1-12-6-5-9-14(15-12)16(10-11-17)13-7-3-2-4-8-13/h5-6,9,13,17H,2-4,7-8,10-11H2,1H3. The van der Waals surface area contributed by atoms with E-state index in [0.29, 0.717) is 12.6 Å². The molecule has 3 heteroatoms. The van der Waals surface area contributed by atoms with Crippen LogP contribution < -0.4 is 4.90 Å². The lowest BCUT2D eigenvalue weighted by atomic mass is 9.94. The first-order chi connectivity index (χ1) is 8.31. The summed E-state index contributed by atoms with van der Waals surface area (Å²) in [5.74, 6) is 1.02. The van der Waals surface area contributed by atoms with Gasteiger partial charge in [0.2, 0.25) is 0 Å². The predicted octanol–water partition coefficient (Wildman–Crippen LogP) is 2.52. The quantitative estimate of drug-likeness (QED) is 0.869. The van der Waals surface area contributed by atoms with Gasteiger partial charge in [0.05, 0.1) is 6.61 Å². The summed E-state index contributed by atoms with van der Waals surface area (Å²) in [5, 5.41) is 9.23. The van der Waals surface area contributed by atoms with Crippen LogP contribution in [-0.2, 0) is 0 Å². The predicted molar refractivity (Wildman–Crippen MR) is 70.3 cm³/mol. The van der Waals surface area contributed by atoms with E-state index in [1.165, 1.54) is 32.1 Å². The largest absolute Gasteiger partial charge is 0.395 e. The molecule has 0 unspecified atom stereocenters. The molecule has 0 radical (unpaired) electrons. The van der Waals surface area contributed by atoms with Crippen LogP contribution >= 0.6 is 0 Å². The molecule has 1 saturated carbocycles. The number of aryl methyl sites for hydroxylation is 1. The van der Waals surface area contributed by atoms with E-state index >= 15 is 0 Å². The second kappa shape index (κ2) is 6.01. The third-order valence-corrected chi connectivity index (χ3v) is 3.52. The van der Waals surface area contributed by atoms with Gasteiger partial charge in [0, 0.05) is 18.3 Å². The number of rotatable bonds is 4. The molecular formula is C14H22N2O. The third kappa shape index (κ3) is 3.19. The van der Waals surface area contributed by atoms with E-state index in [0.717, 1.165) is 11.5 Å². The highest BCUT2D eigenvalue weighted by atomic mass is 16.3. The number of nitrogens with zero attached hydrogens (tertiary/aromatic N) is 2. The molecule has 0 atom stereocenters. The summed E-state index contributed by atoms with van der Waals surface area (Å²) < 4.78 is 0. The number of aliphatic hydroxyl groups is 1. The number of hydrogen-bond acceptors (Lipinski definition) is 3. The molecule has 0 spiro atoms. The van der Waals surface area contributed by atoms with Crippen molar-refractivity contribution >= 4 is 5.82 Å². The smallest absolute Gasteiger partial charge is 0.129 e. The fourth-order valence-corrected chi connectivity index (χ4v) is 2.67. The fraction of sp³-hybridized carbons (Fsp3) is 0.643. The summed E-state index contributed by atoms with van der Waals surface area (Å²) >= 11 is 0. The minimum atomic E-state index is 0.201. The van der Waals surface area contributed by atoms with Crippen molar-refractivity contribution < 1.29 is 5.11 Å². The Morgan fingerprint density at radius 3 is 2.71 bits per heavy atom. The summed E-state index contributed by atoms with van der Waals surface area (Å²) in [5.41, 5.74) is 1.04. The van der Waals surface area contributed by atoms with E-state index < -0.39 is 0 Å². The van der Waals surface area contributed by atoms with E-state index in [-0.39, 0.29) is 6.61 Å². The first-order valence-corrected chi connectivity index (χ1v) is 6.62. The average molecular weight is 234 g/mol. The van der Waals surface area contributed by atoms with Gasteiger partial charge in [0.15, 0.2) is 0 Å². The second-order valence-corrected chi connectivity index (χ2v) is 4.85. The third-order valence-electron chi connectivity index (χ3n) is 3.52. The molecule has 0 bridgehead atoms. The highest BCUT2D eigenvalue weighted by molar-refractivity contribution is 5.40. The van der Waals surface area contributed by atoms with Crippen LogP contribution in [0.2, 0.25) is 0 Å². The van der Waals surface area contributed by atoms with E-state index in [2.05, 4.69) is 16.0 Å². The van der Waals surface area contributed by atoms with Gasteiger partial charge in [0.25, 0.3) is 0 Å². The van der Waals surface area contributed by atoms with Gasteiger partial charge in [-0.3, -0.25) is 0 Å². The van der Waals surface area contributed by atoms with Crippen molar-refractivity contribution in [1.82, 2.24) is 4.98 Å². The summed E-state index contributed by atoms with van der Waals surface area (Å²) in [6, 6.07) is 6.68. The molecule has 1 N–H and O–H groups in total. The summed E-state index contributed by atoms with van der Waals surface area (Å²) in [4.78, 5) is 6.87. The molecule has 3 nitrogen and oxygen atoms in total. The average Bonchev–Trinajstić information content (AvgIpc) is 2.37. The molecule has 1 fully saturated rings. The van der Waals surface area contributed by atoms with Gasteiger partial charge >= 0.3 is 0 Å². The maximum atomic E-state index is 9.23. The van der Waals surface area contributed by atoms with Gasteiger partial charge in [0.1, 0.15) is 5.82 Å². The Morgan fingerprint density at radius 2 is 2.06 bits per heavy atom. The first-order valence-electron chi connectivity index (χ1n) is 6.62. The normalized spacial score (nSPS) is 17.1. The van der Waals surface area contributed by atoms with Gasteiger partial charge in [-0.25, -0.2) is 4.98 Å². The van der Waals surface area contributed by atoms with Crippen molar-refractivity contribution in [2.24, 2.45) is 0 Å². The molecule has 1 aliphatic rings. The summed E-state index contributed by atoms with van der Waals surface area (Å²) in [6.45, 7) is 2.91. The zero-order valence-electron chi connectivity index (χ0n) is 10.6. The van der Waals surface area contributed by atoms with Crippen LogP contribution in [0.4, 0.5) is 5.82 Å². The van der Waals surface area contributed by atoms with Gasteiger partial charge in [-0.2, -0.15) is 0 Å². The van der Waals surface area contributed by atoms with Crippen molar-refractivity contribution in [3.8, 4) is 0 Å². The number of hydrogen-bond donors (Lipinski definition) is 1. The van der Waals surface area contributed by atoms with E-state index in [1.54, 1.807) is 0 Å². The van der Waals surface area contributed by atoms with Gasteiger partial charge < -0.3 is 10.0 Å². The Hall–Kier alpha value is -1.09. The monoisotopic (exact) mass is 234 g/mol. The van der Waals surface area contributed by atoms with Gasteiger partial charge in [-0.15, -0.1) is 0 Å². The van der Waals surface area contributed by atoms with Crippen LogP contribution in [0, 0.1) is 6.92 Å². The number of aliphatic hydroxyl groups excluding tert-OH is 1. The minimum Gasteiger partial charge on any atom is -0.395 e. The van der Waals surface area contributed by atoms with E-state index in [4.69, 9.17) is 0 Å². The molecule has 0 aliphatic heterocycles. The zero-order valence-corrected chi connectivity index (χ0v) is 10.6. The maximum absolute atomic E-state index is 9.23. The zero-order chi connectivity index (χ0) is 12.1. The highest BCUT2D eigenvalue weighted by Crippen LogP contribution is 2.26. The number of pyridine rings is 1. The Morgan fingerprint density at radius 1 is 1.29 bits per heavy atom. The molecule has 0 saturated heterocycles. The van der Waals surface area contributed by atoms with Crippen molar-refractivity contribution in [2.75, 3.05) is 18.1 Å². The first kappa shape index (κ1) is 12.4. The van der Waals surface area contributed by atoms with E-state index in [1.807, 2.05) is 19.1 Å². The van der Waals surface area contributed by atoms with Crippen molar-refractivity contribution in [1.29, 1.82) is 0 Å². The Balaban J connectivity index is 2.15. The molecule has 0 aromatic carbocycles. The molecule has 1 aromatic rings. The highest BCUT2D eigenvalue weighted by Gasteiger charge is 2.21. The Labute approximate surface area is 103 Å². The van der Waals surface area contributed by atoms with Crippen LogP contribution in [0.25, 0.3) is 0 Å². The summed E-state index contributed by atoms with van der Waals surface area (Å²) in [6.07, 6.45) is 6.42. The Kier molecular flexibility index (Phi) is 4.37. The van der Waals surface area contributed by atoms with Crippen molar-refractivity contribution in [3.63, 3.8) is 0 Å². The van der Waals surface area contributed by atoms with Crippen LogP contribution in [0.1, 0.15) is 37.8 Å². The van der Waals surface area contributed by atoms with Crippen molar-refractivity contribution in [3.05, 3.63) is 23.9 Å². The summed E-state index contributed by atoms with van der Waals surface area (Å²) in [7, 11) is 0. The van der Waals surface area contributed by atoms with E-state index in [9.17, 15) is 5.11 Å². The maximum Gasteiger partial charge on any atom is 0.129 e. The van der Waals surface area contributed by atoms with Gasteiger partial charge in [-0.05, 0) is 31.9 Å². The minimum absolute atomic E-state index is 0.201.